The third-order valence-electron chi connectivity index (χ3n) is 5.34. The van der Waals surface area contributed by atoms with Gasteiger partial charge in [-0.25, -0.2) is 0 Å². The number of Topliss-reactive ketones (excluding diaryl/α,β-unsaturated/α-hetero) is 1. The lowest BCUT2D eigenvalue weighted by Crippen LogP contribution is -2.52. The lowest BCUT2D eigenvalue weighted by atomic mass is 10.00. The Bertz CT molecular complexity index is 895. The van der Waals surface area contributed by atoms with Gasteiger partial charge < -0.3 is 15.1 Å². The molecular formula is C26H36N2O4S. The predicted octanol–water partition coefficient (Wildman–Crippen LogP) is 4.91. The molecule has 0 bridgehead atoms. The highest BCUT2D eigenvalue weighted by Gasteiger charge is 2.27. The van der Waals surface area contributed by atoms with E-state index in [1.165, 1.54) is 11.8 Å². The van der Waals surface area contributed by atoms with Crippen LogP contribution in [0.1, 0.15) is 68.1 Å². The van der Waals surface area contributed by atoms with Crippen molar-refractivity contribution >= 4 is 29.4 Å². The SMILES string of the molecule is CCCC[C@H](NC(=O)[C@H](CC(C)C)NC(=O)c1ccccc1C)C(=O)CSCc1ccco1. The second kappa shape index (κ2) is 13.9. The normalized spacial score (nSPS) is 12.9. The number of furan rings is 1. The number of aryl methyl sites for hydroxylation is 1. The van der Waals surface area contributed by atoms with E-state index in [0.29, 0.717) is 29.9 Å². The first-order valence-electron chi connectivity index (χ1n) is 11.6. The van der Waals surface area contributed by atoms with Crippen LogP contribution in [0.2, 0.25) is 0 Å². The van der Waals surface area contributed by atoms with Crippen LogP contribution in [0.3, 0.4) is 0 Å². The number of rotatable bonds is 14. The van der Waals surface area contributed by atoms with Crippen LogP contribution < -0.4 is 10.6 Å². The maximum atomic E-state index is 13.2. The summed E-state index contributed by atoms with van der Waals surface area (Å²) in [5, 5.41) is 5.82. The van der Waals surface area contributed by atoms with Crippen molar-refractivity contribution < 1.29 is 18.8 Å². The van der Waals surface area contributed by atoms with Gasteiger partial charge in [0.2, 0.25) is 5.91 Å². The Balaban J connectivity index is 2.03. The second-order valence-corrected chi connectivity index (χ2v) is 9.70. The number of carbonyl (C=O) groups excluding carboxylic acids is 3. The topological polar surface area (TPSA) is 88.4 Å². The molecule has 1 aromatic heterocycles. The Morgan fingerprint density at radius 2 is 1.79 bits per heavy atom. The lowest BCUT2D eigenvalue weighted by Gasteiger charge is -2.24. The van der Waals surface area contributed by atoms with Crippen molar-refractivity contribution in [3.63, 3.8) is 0 Å². The molecule has 0 saturated carbocycles. The van der Waals surface area contributed by atoms with Gasteiger partial charge in [0.25, 0.3) is 5.91 Å². The van der Waals surface area contributed by atoms with Gasteiger partial charge in [-0.15, -0.1) is 11.8 Å². The molecule has 2 rings (SSSR count). The number of thioether (sulfide) groups is 1. The minimum absolute atomic E-state index is 0.0121. The highest BCUT2D eigenvalue weighted by Crippen LogP contribution is 2.15. The van der Waals surface area contributed by atoms with Crippen LogP contribution in [-0.4, -0.2) is 35.4 Å². The Labute approximate surface area is 201 Å². The highest BCUT2D eigenvalue weighted by molar-refractivity contribution is 7.99. The monoisotopic (exact) mass is 472 g/mol. The minimum atomic E-state index is -0.704. The van der Waals surface area contributed by atoms with Crippen molar-refractivity contribution in [3.05, 3.63) is 59.5 Å². The molecular weight excluding hydrogens is 436 g/mol. The zero-order valence-corrected chi connectivity index (χ0v) is 20.9. The largest absolute Gasteiger partial charge is 0.468 e. The summed E-state index contributed by atoms with van der Waals surface area (Å²) in [5.41, 5.74) is 1.40. The molecule has 0 aliphatic heterocycles. The first kappa shape index (κ1) is 26.7. The Hall–Kier alpha value is -2.54. The average Bonchev–Trinajstić information content (AvgIpc) is 3.29. The van der Waals surface area contributed by atoms with Gasteiger partial charge in [-0.3, -0.25) is 14.4 Å². The lowest BCUT2D eigenvalue weighted by molar-refractivity contribution is -0.128. The van der Waals surface area contributed by atoms with Gasteiger partial charge in [-0.05, 0) is 49.4 Å². The molecule has 0 aliphatic carbocycles. The van der Waals surface area contributed by atoms with Crippen LogP contribution in [0.5, 0.6) is 0 Å². The fourth-order valence-corrected chi connectivity index (χ4v) is 4.38. The Morgan fingerprint density at radius 3 is 2.42 bits per heavy atom. The van der Waals surface area contributed by atoms with Gasteiger partial charge in [0.15, 0.2) is 5.78 Å². The highest BCUT2D eigenvalue weighted by atomic mass is 32.2. The van der Waals surface area contributed by atoms with Crippen LogP contribution in [0.4, 0.5) is 0 Å². The standard InChI is InChI=1S/C26H36N2O4S/c1-5-6-13-22(24(29)17-33-16-20-11-9-14-32-20)27-26(31)23(15-18(2)3)28-25(30)21-12-8-7-10-19(21)4/h7-12,14,18,22-23H,5-6,13,15-17H2,1-4H3,(H,27,31)(H,28,30)/t22-,23-/m0/s1. The van der Waals surface area contributed by atoms with Gasteiger partial charge in [0, 0.05) is 5.56 Å². The summed E-state index contributed by atoms with van der Waals surface area (Å²) in [7, 11) is 0. The molecule has 0 spiro atoms. The number of carbonyl (C=O) groups is 3. The summed E-state index contributed by atoms with van der Waals surface area (Å²) in [6.07, 6.45) is 4.46. The van der Waals surface area contributed by atoms with Gasteiger partial charge in [0.1, 0.15) is 11.8 Å². The summed E-state index contributed by atoms with van der Waals surface area (Å²) >= 11 is 1.47. The smallest absolute Gasteiger partial charge is 0.252 e. The van der Waals surface area contributed by atoms with Crippen molar-refractivity contribution in [2.75, 3.05) is 5.75 Å². The number of hydrogen-bond acceptors (Lipinski definition) is 5. The molecule has 0 fully saturated rings. The van der Waals surface area contributed by atoms with E-state index in [0.717, 1.165) is 24.2 Å². The van der Waals surface area contributed by atoms with Gasteiger partial charge in [-0.2, -0.15) is 0 Å². The Kier molecular flexibility index (Phi) is 11.2. The van der Waals surface area contributed by atoms with E-state index in [9.17, 15) is 14.4 Å². The zero-order chi connectivity index (χ0) is 24.2. The van der Waals surface area contributed by atoms with E-state index < -0.39 is 12.1 Å². The van der Waals surface area contributed by atoms with Crippen LogP contribution in [0, 0.1) is 12.8 Å². The number of unbranched alkanes of at least 4 members (excludes halogenated alkanes) is 1. The zero-order valence-electron chi connectivity index (χ0n) is 20.1. The molecule has 0 aliphatic rings. The molecule has 2 N–H and O–H groups in total. The van der Waals surface area contributed by atoms with E-state index in [-0.39, 0.29) is 23.5 Å². The van der Waals surface area contributed by atoms with Gasteiger partial charge in [0.05, 0.1) is 23.8 Å². The maximum Gasteiger partial charge on any atom is 0.252 e. The van der Waals surface area contributed by atoms with E-state index in [2.05, 4.69) is 17.6 Å². The van der Waals surface area contributed by atoms with Crippen LogP contribution in [-0.2, 0) is 15.3 Å². The minimum Gasteiger partial charge on any atom is -0.468 e. The number of amides is 2. The molecule has 2 atom stereocenters. The van der Waals surface area contributed by atoms with Crippen LogP contribution in [0.15, 0.2) is 47.1 Å². The molecule has 1 aromatic carbocycles. The third kappa shape index (κ3) is 9.08. The number of benzene rings is 1. The molecule has 0 radical (unpaired) electrons. The van der Waals surface area contributed by atoms with E-state index in [1.54, 1.807) is 18.4 Å². The fourth-order valence-electron chi connectivity index (χ4n) is 3.51. The second-order valence-electron chi connectivity index (χ2n) is 8.71. The van der Waals surface area contributed by atoms with Crippen LogP contribution in [0.25, 0.3) is 0 Å². The average molecular weight is 473 g/mol. The van der Waals surface area contributed by atoms with Crippen molar-refractivity contribution in [2.45, 2.75) is 71.2 Å². The third-order valence-corrected chi connectivity index (χ3v) is 6.32. The summed E-state index contributed by atoms with van der Waals surface area (Å²) in [4.78, 5) is 38.9. The fraction of sp³-hybridized carbons (Fsp3) is 0.500. The molecule has 0 unspecified atom stereocenters. The van der Waals surface area contributed by atoms with Crippen molar-refractivity contribution in [1.29, 1.82) is 0 Å². The summed E-state index contributed by atoms with van der Waals surface area (Å²) < 4.78 is 5.31. The number of nitrogens with one attached hydrogen (secondary N) is 2. The first-order valence-corrected chi connectivity index (χ1v) is 12.8. The molecule has 180 valence electrons. The van der Waals surface area contributed by atoms with Crippen LogP contribution >= 0.6 is 11.8 Å². The molecule has 33 heavy (non-hydrogen) atoms. The molecule has 0 saturated heterocycles. The van der Waals surface area contributed by atoms with Crippen molar-refractivity contribution in [2.24, 2.45) is 5.92 Å². The van der Waals surface area contributed by atoms with E-state index in [4.69, 9.17) is 4.42 Å². The quantitative estimate of drug-likeness (QED) is 0.408. The Morgan fingerprint density at radius 1 is 1.03 bits per heavy atom. The molecule has 1 heterocycles. The van der Waals surface area contributed by atoms with Crippen molar-refractivity contribution in [1.82, 2.24) is 10.6 Å². The molecule has 7 heteroatoms. The summed E-state index contributed by atoms with van der Waals surface area (Å²) in [6, 6.07) is 9.73. The van der Waals surface area contributed by atoms with E-state index in [1.807, 2.05) is 45.0 Å². The molecule has 2 amide bonds. The number of hydrogen-bond donors (Lipinski definition) is 2. The summed E-state index contributed by atoms with van der Waals surface area (Å²) in [5.74, 6) is 1.32. The molecule has 6 nitrogen and oxygen atoms in total. The first-order chi connectivity index (χ1) is 15.8. The van der Waals surface area contributed by atoms with Gasteiger partial charge >= 0.3 is 0 Å². The summed E-state index contributed by atoms with van der Waals surface area (Å²) in [6.45, 7) is 7.93. The maximum absolute atomic E-state index is 13.2. The number of ketones is 1. The molecule has 2 aromatic rings. The predicted molar refractivity (Wildman–Crippen MR) is 133 cm³/mol. The van der Waals surface area contributed by atoms with Gasteiger partial charge in [-0.1, -0.05) is 51.8 Å². The van der Waals surface area contributed by atoms with Crippen molar-refractivity contribution in [3.8, 4) is 0 Å². The van der Waals surface area contributed by atoms with E-state index >= 15 is 0 Å².